The Morgan fingerprint density at radius 3 is 1.96 bits per heavy atom. The van der Waals surface area contributed by atoms with Gasteiger partial charge in [0.15, 0.2) is 6.04 Å². The van der Waals surface area contributed by atoms with Crippen molar-refractivity contribution in [3.05, 3.63) is 0 Å². The van der Waals surface area contributed by atoms with Gasteiger partial charge in [-0.2, -0.15) is 12.6 Å². The minimum absolute atomic E-state index is 0.128. The first-order valence-corrected chi connectivity index (χ1v) is 8.94. The molecule has 0 aromatic carbocycles. The van der Waals surface area contributed by atoms with E-state index in [1.165, 1.54) is 13.8 Å². The normalized spacial score (nSPS) is 16.0. The van der Waals surface area contributed by atoms with Gasteiger partial charge in [0.25, 0.3) is 0 Å². The number of rotatable bonds is 12. The van der Waals surface area contributed by atoms with E-state index >= 15 is 0 Å². The van der Waals surface area contributed by atoms with Gasteiger partial charge in [0.2, 0.25) is 17.7 Å². The number of carboxylic acid groups (broad SMARTS) is 2. The van der Waals surface area contributed by atoms with Crippen molar-refractivity contribution in [1.82, 2.24) is 16.0 Å². The number of aliphatic carboxylic acids is 2. The van der Waals surface area contributed by atoms with Crippen molar-refractivity contribution in [2.24, 2.45) is 5.73 Å². The predicted molar refractivity (Wildman–Crippen MR) is 99.5 cm³/mol. The van der Waals surface area contributed by atoms with Gasteiger partial charge >= 0.3 is 11.9 Å². The van der Waals surface area contributed by atoms with Crippen LogP contribution in [0.1, 0.15) is 26.7 Å². The molecule has 0 fully saturated rings. The maximum atomic E-state index is 12.2. The number of carbonyl (C=O) groups excluding carboxylic acids is 3. The van der Waals surface area contributed by atoms with Crippen molar-refractivity contribution < 1.29 is 39.3 Å². The molecular formula is C15H26N4O8S. The lowest BCUT2D eigenvalue weighted by molar-refractivity contribution is -0.145. The number of thiol groups is 1. The van der Waals surface area contributed by atoms with Crippen molar-refractivity contribution in [2.75, 3.05) is 5.75 Å². The number of aliphatic hydroxyl groups excluding tert-OH is 1. The second-order valence-corrected chi connectivity index (χ2v) is 6.44. The molecule has 0 saturated heterocycles. The lowest BCUT2D eigenvalue weighted by Crippen LogP contribution is -2.57. The van der Waals surface area contributed by atoms with Crippen LogP contribution in [0.3, 0.4) is 0 Å². The summed E-state index contributed by atoms with van der Waals surface area (Å²) in [6.07, 6.45) is -1.81. The molecule has 0 aliphatic heterocycles. The van der Waals surface area contributed by atoms with Crippen LogP contribution in [0.2, 0.25) is 0 Å². The van der Waals surface area contributed by atoms with Crippen LogP contribution in [-0.4, -0.2) is 81.0 Å². The summed E-state index contributed by atoms with van der Waals surface area (Å²) in [6, 6.07) is -5.03. The first kappa shape index (κ1) is 25.6. The number of nitrogens with two attached hydrogens (primary N) is 1. The molecule has 28 heavy (non-hydrogen) atoms. The van der Waals surface area contributed by atoms with Crippen molar-refractivity contribution in [2.45, 2.75) is 57.0 Å². The van der Waals surface area contributed by atoms with Crippen LogP contribution < -0.4 is 21.7 Å². The van der Waals surface area contributed by atoms with Gasteiger partial charge in [0.1, 0.15) is 12.1 Å². The summed E-state index contributed by atoms with van der Waals surface area (Å²) in [7, 11) is 0. The highest BCUT2D eigenvalue weighted by atomic mass is 32.1. The fraction of sp³-hybridized carbons (Fsp3) is 0.667. The average Bonchev–Trinajstić information content (AvgIpc) is 2.60. The predicted octanol–water partition coefficient (Wildman–Crippen LogP) is -2.95. The highest BCUT2D eigenvalue weighted by Crippen LogP contribution is 1.99. The third kappa shape index (κ3) is 9.01. The van der Waals surface area contributed by atoms with E-state index in [9.17, 15) is 29.1 Å². The summed E-state index contributed by atoms with van der Waals surface area (Å²) in [6.45, 7) is 2.46. The summed E-state index contributed by atoms with van der Waals surface area (Å²) in [5.74, 6) is -5.10. The summed E-state index contributed by atoms with van der Waals surface area (Å²) in [4.78, 5) is 57.6. The topological polar surface area (TPSA) is 208 Å². The number of hydrogen-bond acceptors (Lipinski definition) is 8. The number of nitrogens with one attached hydrogen (secondary N) is 3. The summed E-state index contributed by atoms with van der Waals surface area (Å²) >= 11 is 3.94. The molecule has 0 aliphatic rings. The summed E-state index contributed by atoms with van der Waals surface area (Å²) < 4.78 is 0. The molecule has 160 valence electrons. The first-order chi connectivity index (χ1) is 12.9. The molecule has 0 bridgehead atoms. The number of carboxylic acids is 2. The van der Waals surface area contributed by atoms with E-state index in [2.05, 4.69) is 28.6 Å². The van der Waals surface area contributed by atoms with Crippen molar-refractivity contribution in [3.63, 3.8) is 0 Å². The fourth-order valence-corrected chi connectivity index (χ4v) is 2.19. The Morgan fingerprint density at radius 2 is 1.54 bits per heavy atom. The fourth-order valence-electron chi connectivity index (χ4n) is 1.93. The molecular weight excluding hydrogens is 396 g/mol. The van der Waals surface area contributed by atoms with Crippen LogP contribution in [-0.2, 0) is 24.0 Å². The molecule has 5 unspecified atom stereocenters. The van der Waals surface area contributed by atoms with Crippen molar-refractivity contribution in [3.8, 4) is 0 Å². The maximum absolute atomic E-state index is 12.2. The van der Waals surface area contributed by atoms with Gasteiger partial charge < -0.3 is 37.0 Å². The molecule has 0 radical (unpaired) electrons. The van der Waals surface area contributed by atoms with Gasteiger partial charge in [-0.3, -0.25) is 19.2 Å². The quantitative estimate of drug-likeness (QED) is 0.151. The third-order valence-electron chi connectivity index (χ3n) is 3.62. The van der Waals surface area contributed by atoms with E-state index in [0.29, 0.717) is 0 Å². The van der Waals surface area contributed by atoms with Gasteiger partial charge in [-0.25, -0.2) is 4.79 Å². The third-order valence-corrected chi connectivity index (χ3v) is 3.98. The molecule has 13 heteroatoms. The highest BCUT2D eigenvalue weighted by molar-refractivity contribution is 7.80. The van der Waals surface area contributed by atoms with Crippen LogP contribution >= 0.6 is 12.6 Å². The van der Waals surface area contributed by atoms with E-state index in [4.69, 9.17) is 15.9 Å². The molecule has 0 saturated carbocycles. The molecule has 0 aliphatic carbocycles. The standard InChI is InChI=1S/C15H26N4O8S/c1-6(12(23)19-11(7(2)20)15(26)27)17-14(25)9(5-28)18-13(24)8(16)3-4-10(21)22/h6-9,11,20,28H,3-5,16H2,1-2H3,(H,17,25)(H,18,24)(H,19,23)(H,21,22)(H,26,27). The van der Waals surface area contributed by atoms with E-state index in [0.717, 1.165) is 0 Å². The molecule has 0 heterocycles. The summed E-state index contributed by atoms with van der Waals surface area (Å²) in [5, 5.41) is 33.6. The Bertz CT molecular complexity index is 601. The smallest absolute Gasteiger partial charge is 0.328 e. The second kappa shape index (κ2) is 12.2. The zero-order valence-electron chi connectivity index (χ0n) is 15.4. The lowest BCUT2D eigenvalue weighted by atomic mass is 10.1. The Hall–Kier alpha value is -2.38. The number of amides is 3. The molecule has 0 aromatic rings. The molecule has 3 amide bonds. The Labute approximate surface area is 166 Å². The Balaban J connectivity index is 4.77. The Kier molecular flexibility index (Phi) is 11.1. The van der Waals surface area contributed by atoms with Crippen LogP contribution in [0.4, 0.5) is 0 Å². The van der Waals surface area contributed by atoms with Gasteiger partial charge in [0.05, 0.1) is 12.1 Å². The molecule has 12 nitrogen and oxygen atoms in total. The molecule has 0 aromatic heterocycles. The molecule has 8 N–H and O–H groups in total. The molecule has 0 spiro atoms. The van der Waals surface area contributed by atoms with Crippen molar-refractivity contribution in [1.29, 1.82) is 0 Å². The summed E-state index contributed by atoms with van der Waals surface area (Å²) in [5.41, 5.74) is 5.55. The van der Waals surface area contributed by atoms with Crippen LogP contribution in [0.25, 0.3) is 0 Å². The Morgan fingerprint density at radius 1 is 0.964 bits per heavy atom. The maximum Gasteiger partial charge on any atom is 0.328 e. The average molecular weight is 422 g/mol. The zero-order valence-corrected chi connectivity index (χ0v) is 16.3. The van der Waals surface area contributed by atoms with Crippen LogP contribution in [0.15, 0.2) is 0 Å². The van der Waals surface area contributed by atoms with Crippen LogP contribution in [0, 0.1) is 0 Å². The molecule has 5 atom stereocenters. The van der Waals surface area contributed by atoms with E-state index in [1.807, 2.05) is 0 Å². The van der Waals surface area contributed by atoms with E-state index in [1.54, 1.807) is 0 Å². The van der Waals surface area contributed by atoms with E-state index < -0.39 is 59.9 Å². The van der Waals surface area contributed by atoms with Gasteiger partial charge in [-0.15, -0.1) is 0 Å². The SMILES string of the molecule is CC(NC(=O)C(CS)NC(=O)C(N)CCC(=O)O)C(=O)NC(C(=O)O)C(C)O. The number of carbonyl (C=O) groups is 5. The number of aliphatic hydroxyl groups is 1. The van der Waals surface area contributed by atoms with Gasteiger partial charge in [-0.1, -0.05) is 0 Å². The van der Waals surface area contributed by atoms with Crippen molar-refractivity contribution >= 4 is 42.3 Å². The highest BCUT2D eigenvalue weighted by Gasteiger charge is 2.29. The monoisotopic (exact) mass is 422 g/mol. The molecule has 0 rings (SSSR count). The van der Waals surface area contributed by atoms with Crippen LogP contribution in [0.5, 0.6) is 0 Å². The number of hydrogen-bond donors (Lipinski definition) is 8. The minimum atomic E-state index is -1.56. The largest absolute Gasteiger partial charge is 0.481 e. The van der Waals surface area contributed by atoms with Gasteiger partial charge in [-0.05, 0) is 20.3 Å². The van der Waals surface area contributed by atoms with E-state index in [-0.39, 0.29) is 18.6 Å². The second-order valence-electron chi connectivity index (χ2n) is 6.08. The lowest BCUT2D eigenvalue weighted by Gasteiger charge is -2.23. The van der Waals surface area contributed by atoms with Gasteiger partial charge in [0, 0.05) is 12.2 Å². The first-order valence-electron chi connectivity index (χ1n) is 8.30. The minimum Gasteiger partial charge on any atom is -0.481 e. The zero-order chi connectivity index (χ0) is 22.0.